The molecule has 0 aliphatic rings. The van der Waals surface area contributed by atoms with Crippen LogP contribution in [0.15, 0.2) is 0 Å². The van der Waals surface area contributed by atoms with Crippen LogP contribution in [0.5, 0.6) is 0 Å². The number of aliphatic hydroxyl groups is 2. The zero-order chi connectivity index (χ0) is 5.86. The second-order valence-corrected chi connectivity index (χ2v) is 1.09. The summed E-state index contributed by atoms with van der Waals surface area (Å²) in [5.74, 6) is -1.12. The number of hydrogen-bond donors (Lipinski definition) is 2. The first kappa shape index (κ1) is 6.87. The lowest BCUT2D eigenvalue weighted by atomic mass is 10.7. The third-order valence-electron chi connectivity index (χ3n) is 0.287. The molecule has 2 N–H and O–H groups in total. The first-order chi connectivity index (χ1) is 3.18. The Bertz CT molecular complexity index is 70.1. The minimum absolute atomic E-state index is 1.12. The average molecular weight is 171 g/mol. The summed E-state index contributed by atoms with van der Waals surface area (Å²) in [6.45, 7) is 0. The van der Waals surface area contributed by atoms with Crippen molar-refractivity contribution in [2.24, 2.45) is 0 Å². The molecule has 0 heterocycles. The number of halogens is 1. The van der Waals surface area contributed by atoms with Gasteiger partial charge < -0.3 is 14.0 Å². The summed E-state index contributed by atoms with van der Waals surface area (Å²) in [7, 11) is 0. The SMILES string of the molecule is O=C(OBr)C(O)O. The normalized spacial score (nSPS) is 9.14. The van der Waals surface area contributed by atoms with Gasteiger partial charge in [-0.1, -0.05) is 0 Å². The highest BCUT2D eigenvalue weighted by molar-refractivity contribution is 9.06. The highest BCUT2D eigenvalue weighted by Gasteiger charge is 2.09. The summed E-state index contributed by atoms with van der Waals surface area (Å²) < 4.78 is 3.69. The van der Waals surface area contributed by atoms with Crippen molar-refractivity contribution in [2.45, 2.75) is 6.29 Å². The zero-order valence-corrected chi connectivity index (χ0v) is 4.75. The maximum Gasteiger partial charge on any atom is 0.374 e. The summed E-state index contributed by atoms with van der Waals surface area (Å²) in [5.41, 5.74) is 0. The van der Waals surface area contributed by atoms with Crippen molar-refractivity contribution in [2.75, 3.05) is 0 Å². The van der Waals surface area contributed by atoms with E-state index in [2.05, 4.69) is 20.1 Å². The minimum Gasteiger partial charge on any atom is -0.380 e. The molecule has 0 unspecified atom stereocenters. The smallest absolute Gasteiger partial charge is 0.374 e. The summed E-state index contributed by atoms with van der Waals surface area (Å²) in [4.78, 5) is 9.74. The Labute approximate surface area is 48.2 Å². The third kappa shape index (κ3) is 2.55. The monoisotopic (exact) mass is 170 g/mol. The molecule has 0 aliphatic carbocycles. The fraction of sp³-hybridized carbons (Fsp3) is 0.500. The predicted octanol–water partition coefficient (Wildman–Crippen LogP) is -0.850. The molecule has 5 heteroatoms. The van der Waals surface area contributed by atoms with Gasteiger partial charge in [-0.3, -0.25) is 0 Å². The minimum atomic E-state index is -2.04. The van der Waals surface area contributed by atoms with Crippen molar-refractivity contribution in [1.82, 2.24) is 0 Å². The first-order valence-corrected chi connectivity index (χ1v) is 2.02. The zero-order valence-electron chi connectivity index (χ0n) is 3.17. The fourth-order valence-electron chi connectivity index (χ4n) is 0.0398. The highest BCUT2D eigenvalue weighted by Crippen LogP contribution is 1.88. The molecule has 42 valence electrons. The molecule has 0 aromatic heterocycles. The second-order valence-electron chi connectivity index (χ2n) is 0.770. The van der Waals surface area contributed by atoms with E-state index in [9.17, 15) is 4.79 Å². The molecule has 0 aliphatic heterocycles. The van der Waals surface area contributed by atoms with E-state index < -0.39 is 12.3 Å². The number of carbonyl (C=O) groups excluding carboxylic acids is 1. The van der Waals surface area contributed by atoms with Gasteiger partial charge in [0.2, 0.25) is 0 Å². The van der Waals surface area contributed by atoms with Crippen LogP contribution in [-0.2, 0) is 8.62 Å². The summed E-state index contributed by atoms with van der Waals surface area (Å²) >= 11 is 2.25. The molecule has 4 nitrogen and oxygen atoms in total. The van der Waals surface area contributed by atoms with E-state index in [0.717, 1.165) is 0 Å². The van der Waals surface area contributed by atoms with Crippen molar-refractivity contribution < 1.29 is 18.8 Å². The van der Waals surface area contributed by atoms with Gasteiger partial charge in [0, 0.05) is 0 Å². The fourth-order valence-corrected chi connectivity index (χ4v) is 0.207. The van der Waals surface area contributed by atoms with Crippen LogP contribution in [-0.4, -0.2) is 22.5 Å². The molecule has 0 fully saturated rings. The van der Waals surface area contributed by atoms with Gasteiger partial charge in [0.1, 0.15) is 0 Å². The van der Waals surface area contributed by atoms with Gasteiger partial charge in [-0.2, -0.15) is 0 Å². The van der Waals surface area contributed by atoms with Gasteiger partial charge in [-0.15, -0.1) is 0 Å². The molecule has 0 radical (unpaired) electrons. The van der Waals surface area contributed by atoms with E-state index in [0.29, 0.717) is 0 Å². The van der Waals surface area contributed by atoms with E-state index in [-0.39, 0.29) is 0 Å². The van der Waals surface area contributed by atoms with Gasteiger partial charge >= 0.3 is 5.97 Å². The van der Waals surface area contributed by atoms with E-state index in [1.54, 1.807) is 0 Å². The van der Waals surface area contributed by atoms with Gasteiger partial charge in [0.15, 0.2) is 16.3 Å². The number of hydrogen-bond acceptors (Lipinski definition) is 4. The molecular weight excluding hydrogens is 168 g/mol. The van der Waals surface area contributed by atoms with E-state index in [1.807, 2.05) is 0 Å². The largest absolute Gasteiger partial charge is 0.380 e. The van der Waals surface area contributed by atoms with Gasteiger partial charge in [-0.25, -0.2) is 4.79 Å². The van der Waals surface area contributed by atoms with Crippen molar-refractivity contribution in [3.05, 3.63) is 0 Å². The van der Waals surface area contributed by atoms with Crippen LogP contribution >= 0.6 is 16.3 Å². The summed E-state index contributed by atoms with van der Waals surface area (Å²) in [6.07, 6.45) is -2.04. The van der Waals surface area contributed by atoms with Crippen LogP contribution in [0.2, 0.25) is 0 Å². The Morgan fingerprint density at radius 2 is 2.14 bits per heavy atom. The van der Waals surface area contributed by atoms with Crippen LogP contribution in [0.4, 0.5) is 0 Å². The lowest BCUT2D eigenvalue weighted by Gasteiger charge is -1.93. The lowest BCUT2D eigenvalue weighted by Crippen LogP contribution is -2.18. The Hall–Kier alpha value is -0.130. The van der Waals surface area contributed by atoms with E-state index in [4.69, 9.17) is 10.2 Å². The predicted molar refractivity (Wildman–Crippen MR) is 23.2 cm³/mol. The van der Waals surface area contributed by atoms with Gasteiger partial charge in [-0.05, 0) is 0 Å². The quantitative estimate of drug-likeness (QED) is 0.504. The van der Waals surface area contributed by atoms with Crippen molar-refractivity contribution in [3.63, 3.8) is 0 Å². The molecule has 0 rings (SSSR count). The van der Waals surface area contributed by atoms with E-state index >= 15 is 0 Å². The van der Waals surface area contributed by atoms with Crippen LogP contribution in [0.25, 0.3) is 0 Å². The van der Waals surface area contributed by atoms with Crippen LogP contribution < -0.4 is 0 Å². The maximum atomic E-state index is 9.74. The van der Waals surface area contributed by atoms with Crippen LogP contribution in [0.3, 0.4) is 0 Å². The Kier molecular flexibility index (Phi) is 2.89. The lowest BCUT2D eigenvalue weighted by molar-refractivity contribution is -0.160. The molecule has 0 aromatic rings. The maximum absolute atomic E-state index is 9.74. The van der Waals surface area contributed by atoms with Crippen molar-refractivity contribution in [1.29, 1.82) is 0 Å². The van der Waals surface area contributed by atoms with Crippen molar-refractivity contribution >= 4 is 22.2 Å². The first-order valence-electron chi connectivity index (χ1n) is 1.37. The molecule has 0 bridgehead atoms. The molecule has 0 amide bonds. The summed E-state index contributed by atoms with van der Waals surface area (Å²) in [6, 6.07) is 0. The molecular formula is C2H3BrO4. The Morgan fingerprint density at radius 3 is 2.14 bits per heavy atom. The van der Waals surface area contributed by atoms with Crippen LogP contribution in [0.1, 0.15) is 0 Å². The number of rotatable bonds is 1. The molecule has 0 saturated heterocycles. The van der Waals surface area contributed by atoms with Gasteiger partial charge in [0.25, 0.3) is 6.29 Å². The van der Waals surface area contributed by atoms with Gasteiger partial charge in [0.05, 0.1) is 0 Å². The third-order valence-corrected chi connectivity index (χ3v) is 0.606. The molecule has 0 saturated carbocycles. The average Bonchev–Trinajstić information content (AvgIpc) is 1.65. The Balaban J connectivity index is 3.35. The van der Waals surface area contributed by atoms with Crippen LogP contribution in [0, 0.1) is 0 Å². The number of carbonyl (C=O) groups is 1. The summed E-state index contributed by atoms with van der Waals surface area (Å²) in [5, 5.41) is 15.7. The number of aliphatic hydroxyl groups excluding tert-OH is 1. The highest BCUT2D eigenvalue weighted by atomic mass is 79.9. The van der Waals surface area contributed by atoms with Crippen molar-refractivity contribution in [3.8, 4) is 0 Å². The molecule has 0 atom stereocenters. The topological polar surface area (TPSA) is 66.8 Å². The Morgan fingerprint density at radius 1 is 1.71 bits per heavy atom. The molecule has 0 aromatic carbocycles. The molecule has 0 spiro atoms. The molecule has 7 heavy (non-hydrogen) atoms. The van der Waals surface area contributed by atoms with E-state index in [1.165, 1.54) is 0 Å². The standard InChI is InChI=1S/C2H3BrO4/c3-7-2(6)1(4)5/h1,4-5H. The second kappa shape index (κ2) is 2.95.